The van der Waals surface area contributed by atoms with Gasteiger partial charge in [-0.1, -0.05) is 25.4 Å². The molecule has 1 aromatic heterocycles. The third-order valence-electron chi connectivity index (χ3n) is 0.689. The van der Waals surface area contributed by atoms with E-state index in [0.29, 0.717) is 0 Å². The van der Waals surface area contributed by atoms with Gasteiger partial charge in [0.1, 0.15) is 11.0 Å². The second-order valence-corrected chi connectivity index (χ2v) is 1.68. The number of halogens is 2. The summed E-state index contributed by atoms with van der Waals surface area (Å²) in [5.41, 5.74) is 0. The van der Waals surface area contributed by atoms with E-state index in [4.69, 9.17) is 11.6 Å². The zero-order valence-electron chi connectivity index (χ0n) is 5.94. The van der Waals surface area contributed by atoms with Gasteiger partial charge in [-0.15, -0.1) is 0 Å². The molecule has 0 fully saturated rings. The molecule has 0 saturated carbocycles. The maximum atomic E-state index is 12.0. The highest BCUT2D eigenvalue weighted by atomic mass is 35.5. The highest BCUT2D eigenvalue weighted by Gasteiger charge is 1.88. The lowest BCUT2D eigenvalue weighted by molar-refractivity contribution is 0.625. The fraction of sp³-hybridized carbons (Fsp3) is 0.286. The molecule has 0 saturated heterocycles. The zero-order chi connectivity index (χ0) is 7.98. The van der Waals surface area contributed by atoms with Crippen LogP contribution < -0.4 is 0 Å². The molecule has 0 radical (unpaired) electrons. The Kier molecular flexibility index (Phi) is 4.85. The van der Waals surface area contributed by atoms with Crippen LogP contribution in [0.2, 0.25) is 5.15 Å². The van der Waals surface area contributed by atoms with Crippen molar-refractivity contribution in [3.05, 3.63) is 29.3 Å². The summed E-state index contributed by atoms with van der Waals surface area (Å²) in [4.78, 5) is 3.57. The molecule has 10 heavy (non-hydrogen) atoms. The third kappa shape index (κ3) is 3.41. The van der Waals surface area contributed by atoms with E-state index < -0.39 is 0 Å². The molecule has 0 N–H and O–H groups in total. The summed E-state index contributed by atoms with van der Waals surface area (Å²) >= 11 is 5.29. The smallest absolute Gasteiger partial charge is 0.131 e. The molecule has 0 aromatic carbocycles. The van der Waals surface area contributed by atoms with Gasteiger partial charge >= 0.3 is 0 Å². The van der Waals surface area contributed by atoms with Crippen molar-refractivity contribution >= 4 is 11.6 Å². The zero-order valence-corrected chi connectivity index (χ0v) is 6.69. The summed E-state index contributed by atoms with van der Waals surface area (Å²) in [6.45, 7) is 4.00. The SMILES string of the molecule is CC.Fc1ccnc(Cl)c1. The summed E-state index contributed by atoms with van der Waals surface area (Å²) < 4.78 is 12.0. The lowest BCUT2D eigenvalue weighted by Crippen LogP contribution is -1.74. The number of nitrogens with zero attached hydrogens (tertiary/aromatic N) is 1. The minimum Gasteiger partial charge on any atom is -0.244 e. The van der Waals surface area contributed by atoms with Crippen LogP contribution in [0.4, 0.5) is 4.39 Å². The number of rotatable bonds is 0. The lowest BCUT2D eigenvalue weighted by Gasteiger charge is -1.84. The van der Waals surface area contributed by atoms with Crippen LogP contribution in [0.25, 0.3) is 0 Å². The van der Waals surface area contributed by atoms with E-state index in [2.05, 4.69) is 4.98 Å². The highest BCUT2D eigenvalue weighted by Crippen LogP contribution is 2.03. The van der Waals surface area contributed by atoms with Crippen LogP contribution in [0, 0.1) is 5.82 Å². The highest BCUT2D eigenvalue weighted by molar-refractivity contribution is 6.29. The molecule has 1 aromatic rings. The quantitative estimate of drug-likeness (QED) is 0.534. The van der Waals surface area contributed by atoms with Crippen LogP contribution in [0.15, 0.2) is 18.3 Å². The fourth-order valence-electron chi connectivity index (χ4n) is 0.379. The van der Waals surface area contributed by atoms with Crippen molar-refractivity contribution in [2.75, 3.05) is 0 Å². The largest absolute Gasteiger partial charge is 0.244 e. The van der Waals surface area contributed by atoms with Crippen LogP contribution in [0.1, 0.15) is 13.8 Å². The van der Waals surface area contributed by atoms with Gasteiger partial charge in [0.15, 0.2) is 0 Å². The van der Waals surface area contributed by atoms with Crippen molar-refractivity contribution in [1.29, 1.82) is 0 Å². The molecule has 0 aliphatic carbocycles. The Labute approximate surface area is 64.9 Å². The molecule has 0 bridgehead atoms. The molecule has 0 aliphatic rings. The van der Waals surface area contributed by atoms with Gasteiger partial charge in [-0.3, -0.25) is 0 Å². The van der Waals surface area contributed by atoms with Crippen LogP contribution in [0.3, 0.4) is 0 Å². The monoisotopic (exact) mass is 161 g/mol. The Bertz CT molecular complexity index is 173. The average Bonchev–Trinajstić information content (AvgIpc) is 1.91. The molecular weight excluding hydrogens is 153 g/mol. The Morgan fingerprint density at radius 1 is 1.50 bits per heavy atom. The molecule has 0 aliphatic heterocycles. The standard InChI is InChI=1S/C5H3ClFN.C2H6/c6-5-3-4(7)1-2-8-5;1-2/h1-3H;1-2H3. The van der Waals surface area contributed by atoms with E-state index in [9.17, 15) is 4.39 Å². The number of pyridine rings is 1. The fourth-order valence-corrected chi connectivity index (χ4v) is 0.539. The molecule has 1 rings (SSSR count). The van der Waals surface area contributed by atoms with Gasteiger partial charge < -0.3 is 0 Å². The Hall–Kier alpha value is -0.630. The first-order valence-corrected chi connectivity index (χ1v) is 3.44. The van der Waals surface area contributed by atoms with Crippen molar-refractivity contribution in [2.24, 2.45) is 0 Å². The molecule has 0 unspecified atom stereocenters. The van der Waals surface area contributed by atoms with Gasteiger partial charge in [0.05, 0.1) is 0 Å². The second-order valence-electron chi connectivity index (χ2n) is 1.30. The van der Waals surface area contributed by atoms with Gasteiger partial charge in [-0.2, -0.15) is 0 Å². The van der Waals surface area contributed by atoms with Gasteiger partial charge in [-0.05, 0) is 6.07 Å². The first-order chi connectivity index (χ1) is 4.79. The molecule has 1 nitrogen and oxygen atoms in total. The van der Waals surface area contributed by atoms with Gasteiger partial charge in [0, 0.05) is 12.3 Å². The van der Waals surface area contributed by atoms with Crippen molar-refractivity contribution in [1.82, 2.24) is 4.98 Å². The second kappa shape index (κ2) is 5.18. The topological polar surface area (TPSA) is 12.9 Å². The maximum absolute atomic E-state index is 12.0. The molecule has 0 amide bonds. The van der Waals surface area contributed by atoms with E-state index in [1.165, 1.54) is 12.3 Å². The Morgan fingerprint density at radius 3 is 2.40 bits per heavy atom. The minimum atomic E-state index is -0.356. The van der Waals surface area contributed by atoms with Crippen LogP contribution in [0.5, 0.6) is 0 Å². The van der Waals surface area contributed by atoms with E-state index in [-0.39, 0.29) is 11.0 Å². The van der Waals surface area contributed by atoms with Crippen molar-refractivity contribution < 1.29 is 4.39 Å². The predicted molar refractivity (Wildman–Crippen MR) is 40.6 cm³/mol. The normalized spacial score (nSPS) is 8.00. The predicted octanol–water partition coefficient (Wildman–Crippen LogP) is 2.90. The van der Waals surface area contributed by atoms with E-state index in [1.807, 2.05) is 13.8 Å². The maximum Gasteiger partial charge on any atom is 0.131 e. The summed E-state index contributed by atoms with van der Waals surface area (Å²) in [6, 6.07) is 2.40. The molecule has 0 atom stereocenters. The lowest BCUT2D eigenvalue weighted by atomic mass is 10.5. The van der Waals surface area contributed by atoms with Crippen LogP contribution in [-0.2, 0) is 0 Å². The average molecular weight is 162 g/mol. The molecule has 3 heteroatoms. The van der Waals surface area contributed by atoms with E-state index in [0.717, 1.165) is 6.07 Å². The first-order valence-electron chi connectivity index (χ1n) is 3.06. The minimum absolute atomic E-state index is 0.185. The summed E-state index contributed by atoms with van der Waals surface area (Å²) in [5, 5.41) is 0.185. The number of hydrogen-bond acceptors (Lipinski definition) is 1. The van der Waals surface area contributed by atoms with Crippen LogP contribution in [-0.4, -0.2) is 4.98 Å². The van der Waals surface area contributed by atoms with E-state index in [1.54, 1.807) is 0 Å². The van der Waals surface area contributed by atoms with Gasteiger partial charge in [-0.25, -0.2) is 9.37 Å². The summed E-state index contributed by atoms with van der Waals surface area (Å²) in [7, 11) is 0. The molecule has 56 valence electrons. The van der Waals surface area contributed by atoms with E-state index >= 15 is 0 Å². The summed E-state index contributed by atoms with van der Waals surface area (Å²) in [6.07, 6.45) is 1.32. The molecule has 1 heterocycles. The Balaban J connectivity index is 0.000000371. The van der Waals surface area contributed by atoms with Crippen molar-refractivity contribution in [2.45, 2.75) is 13.8 Å². The molecular formula is C7H9ClFN. The van der Waals surface area contributed by atoms with Crippen molar-refractivity contribution in [3.8, 4) is 0 Å². The Morgan fingerprint density at radius 2 is 2.10 bits per heavy atom. The number of hydrogen-bond donors (Lipinski definition) is 0. The first kappa shape index (κ1) is 9.37. The van der Waals surface area contributed by atoms with Crippen LogP contribution >= 0.6 is 11.6 Å². The van der Waals surface area contributed by atoms with Gasteiger partial charge in [0.25, 0.3) is 0 Å². The molecule has 0 spiro atoms. The number of aromatic nitrogens is 1. The van der Waals surface area contributed by atoms with Crippen molar-refractivity contribution in [3.63, 3.8) is 0 Å². The third-order valence-corrected chi connectivity index (χ3v) is 0.895. The summed E-state index contributed by atoms with van der Waals surface area (Å²) in [5.74, 6) is -0.356. The van der Waals surface area contributed by atoms with Gasteiger partial charge in [0.2, 0.25) is 0 Å².